The zero-order valence-corrected chi connectivity index (χ0v) is 16.1. The molecule has 0 aliphatic rings. The maximum atomic E-state index is 13.8. The van der Waals surface area contributed by atoms with Crippen molar-refractivity contribution in [3.8, 4) is 0 Å². The maximum Gasteiger partial charge on any atom is 0.227 e. The van der Waals surface area contributed by atoms with Gasteiger partial charge in [0.1, 0.15) is 23.0 Å². The van der Waals surface area contributed by atoms with E-state index in [0.717, 1.165) is 0 Å². The van der Waals surface area contributed by atoms with Crippen LogP contribution in [0.4, 0.5) is 20.5 Å². The average molecular weight is 411 g/mol. The number of aromatic nitrogens is 6. The lowest BCUT2D eigenvalue weighted by Crippen LogP contribution is -2.19. The number of fused-ring (bicyclic) bond motifs is 1. The molecule has 0 radical (unpaired) electrons. The van der Waals surface area contributed by atoms with Gasteiger partial charge in [0.25, 0.3) is 0 Å². The summed E-state index contributed by atoms with van der Waals surface area (Å²) in [5.41, 5.74) is 7.48. The second kappa shape index (κ2) is 8.33. The Bertz CT molecular complexity index is 1180. The van der Waals surface area contributed by atoms with Gasteiger partial charge in [-0.3, -0.25) is 14.9 Å². The molecule has 0 saturated heterocycles. The van der Waals surface area contributed by atoms with Crippen LogP contribution in [-0.2, 0) is 19.6 Å². The molecule has 0 bridgehead atoms. The normalized spacial score (nSPS) is 11.3. The molecule has 4 heterocycles. The fourth-order valence-corrected chi connectivity index (χ4v) is 2.93. The summed E-state index contributed by atoms with van der Waals surface area (Å²) in [5.74, 6) is 0.239. The van der Waals surface area contributed by atoms with E-state index >= 15 is 0 Å². The van der Waals surface area contributed by atoms with Crippen LogP contribution in [0.3, 0.4) is 0 Å². The lowest BCUT2D eigenvalue weighted by atomic mass is 10.3. The number of pyridine rings is 2. The highest BCUT2D eigenvalue weighted by Crippen LogP contribution is 2.19. The van der Waals surface area contributed by atoms with Crippen LogP contribution in [0.15, 0.2) is 36.7 Å². The van der Waals surface area contributed by atoms with E-state index in [9.17, 15) is 8.78 Å². The highest BCUT2D eigenvalue weighted by molar-refractivity contribution is 5.82. The first-order chi connectivity index (χ1) is 14.5. The summed E-state index contributed by atoms with van der Waals surface area (Å²) < 4.78 is 27.5. The van der Waals surface area contributed by atoms with E-state index in [0.29, 0.717) is 35.8 Å². The molecule has 0 spiro atoms. The third-order valence-corrected chi connectivity index (χ3v) is 4.35. The zero-order chi connectivity index (χ0) is 21.1. The molecule has 11 heteroatoms. The van der Waals surface area contributed by atoms with E-state index < -0.39 is 5.82 Å². The molecule has 0 fully saturated rings. The van der Waals surface area contributed by atoms with Crippen LogP contribution >= 0.6 is 0 Å². The smallest absolute Gasteiger partial charge is 0.227 e. The summed E-state index contributed by atoms with van der Waals surface area (Å²) in [6, 6.07) is 5.77. The van der Waals surface area contributed by atoms with Crippen molar-refractivity contribution in [3.05, 3.63) is 65.5 Å². The molecule has 30 heavy (non-hydrogen) atoms. The van der Waals surface area contributed by atoms with Crippen LogP contribution in [-0.4, -0.2) is 41.9 Å². The van der Waals surface area contributed by atoms with Crippen molar-refractivity contribution >= 4 is 22.9 Å². The molecule has 0 aliphatic carbocycles. The zero-order valence-electron chi connectivity index (χ0n) is 16.1. The van der Waals surface area contributed by atoms with E-state index in [1.54, 1.807) is 12.3 Å². The predicted octanol–water partition coefficient (Wildman–Crippen LogP) is 2.25. The monoisotopic (exact) mass is 411 g/mol. The number of anilines is 2. The van der Waals surface area contributed by atoms with Crippen LogP contribution in [0.5, 0.6) is 0 Å². The van der Waals surface area contributed by atoms with Crippen LogP contribution < -0.4 is 11.1 Å². The first-order valence-corrected chi connectivity index (χ1v) is 9.13. The Morgan fingerprint density at radius 2 is 1.70 bits per heavy atom. The number of nitrogen functional groups attached to an aromatic ring is 1. The number of H-pyrrole nitrogens is 1. The molecule has 4 aromatic heterocycles. The number of halogens is 2. The number of imidazole rings is 1. The second-order valence-corrected chi connectivity index (χ2v) is 6.70. The lowest BCUT2D eigenvalue weighted by molar-refractivity contribution is 0.302. The fourth-order valence-electron chi connectivity index (χ4n) is 2.93. The number of aromatic amines is 1. The first-order valence-electron chi connectivity index (χ1n) is 9.13. The van der Waals surface area contributed by atoms with Gasteiger partial charge in [0, 0.05) is 18.9 Å². The Hall–Kier alpha value is -3.73. The summed E-state index contributed by atoms with van der Waals surface area (Å²) in [7, 11) is 1.82. The predicted molar refractivity (Wildman–Crippen MR) is 107 cm³/mol. The summed E-state index contributed by atoms with van der Waals surface area (Å²) >= 11 is 0. The SMILES string of the molecule is CN(Cc1nc2nc(NCc3ncccc3F)nc(N)c2[nH]1)Cc1ncccc1F. The van der Waals surface area contributed by atoms with Crippen molar-refractivity contribution in [2.45, 2.75) is 19.6 Å². The number of nitrogens with two attached hydrogens (primary N) is 1. The van der Waals surface area contributed by atoms with Crippen LogP contribution in [0.2, 0.25) is 0 Å². The molecule has 0 amide bonds. The number of rotatable bonds is 7. The van der Waals surface area contributed by atoms with E-state index in [1.807, 2.05) is 11.9 Å². The molecule has 9 nitrogen and oxygen atoms in total. The van der Waals surface area contributed by atoms with Gasteiger partial charge in [0.2, 0.25) is 5.95 Å². The molecule has 4 rings (SSSR count). The van der Waals surface area contributed by atoms with Gasteiger partial charge in [-0.15, -0.1) is 0 Å². The molecule has 4 N–H and O–H groups in total. The van der Waals surface area contributed by atoms with Crippen molar-refractivity contribution in [2.24, 2.45) is 0 Å². The Balaban J connectivity index is 1.47. The number of nitrogens with zero attached hydrogens (tertiary/aromatic N) is 6. The van der Waals surface area contributed by atoms with Crippen molar-refractivity contribution < 1.29 is 8.78 Å². The van der Waals surface area contributed by atoms with E-state index in [1.165, 1.54) is 24.4 Å². The van der Waals surface area contributed by atoms with Gasteiger partial charge < -0.3 is 16.0 Å². The maximum absolute atomic E-state index is 13.8. The minimum absolute atomic E-state index is 0.104. The Labute approximate surface area is 170 Å². The van der Waals surface area contributed by atoms with Gasteiger partial charge in [-0.2, -0.15) is 9.97 Å². The van der Waals surface area contributed by atoms with Crippen LogP contribution in [0.1, 0.15) is 17.2 Å². The summed E-state index contributed by atoms with van der Waals surface area (Å²) in [5, 5.41) is 2.90. The molecule has 0 aliphatic heterocycles. The molecule has 154 valence electrons. The van der Waals surface area contributed by atoms with E-state index in [2.05, 4.69) is 35.2 Å². The topological polar surface area (TPSA) is 122 Å². The Morgan fingerprint density at radius 3 is 2.40 bits per heavy atom. The van der Waals surface area contributed by atoms with Gasteiger partial charge in [0.15, 0.2) is 11.5 Å². The third-order valence-electron chi connectivity index (χ3n) is 4.35. The highest BCUT2D eigenvalue weighted by atomic mass is 19.1. The largest absolute Gasteiger partial charge is 0.382 e. The minimum atomic E-state index is -0.423. The standard InChI is InChI=1S/C19H19F2N9/c1-30(9-14-12(21)5-3-7-24-14)10-15-26-16-17(22)28-19(29-18(16)27-15)25-8-13-11(20)4-2-6-23-13/h2-7H,8-10H2,1H3,(H4,22,25,26,27,28,29). The molecule has 0 atom stereocenters. The lowest BCUT2D eigenvalue weighted by Gasteiger charge is -2.14. The summed E-state index contributed by atoms with van der Waals surface area (Å²) in [6.07, 6.45) is 3.06. The Kier molecular flexibility index (Phi) is 5.44. The number of hydrogen-bond acceptors (Lipinski definition) is 8. The highest BCUT2D eigenvalue weighted by Gasteiger charge is 2.14. The fraction of sp³-hybridized carbons (Fsp3) is 0.211. The average Bonchev–Trinajstić information content (AvgIpc) is 3.12. The van der Waals surface area contributed by atoms with Gasteiger partial charge >= 0.3 is 0 Å². The van der Waals surface area contributed by atoms with Crippen LogP contribution in [0, 0.1) is 11.6 Å². The van der Waals surface area contributed by atoms with Crippen molar-refractivity contribution in [1.82, 2.24) is 34.8 Å². The van der Waals surface area contributed by atoms with E-state index in [-0.39, 0.29) is 29.8 Å². The van der Waals surface area contributed by atoms with Crippen LogP contribution in [0.25, 0.3) is 11.2 Å². The van der Waals surface area contributed by atoms with Crippen molar-refractivity contribution in [2.75, 3.05) is 18.1 Å². The van der Waals surface area contributed by atoms with Gasteiger partial charge in [-0.05, 0) is 31.3 Å². The Morgan fingerprint density at radius 1 is 1.00 bits per heavy atom. The first kappa shape index (κ1) is 19.6. The van der Waals surface area contributed by atoms with Gasteiger partial charge in [0.05, 0.1) is 24.5 Å². The minimum Gasteiger partial charge on any atom is -0.382 e. The summed E-state index contributed by atoms with van der Waals surface area (Å²) in [6.45, 7) is 0.814. The molecular weight excluding hydrogens is 392 g/mol. The third kappa shape index (κ3) is 4.30. The number of nitrogens with one attached hydrogen (secondary N) is 2. The summed E-state index contributed by atoms with van der Waals surface area (Å²) in [4.78, 5) is 25.9. The molecule has 4 aromatic rings. The molecule has 0 unspecified atom stereocenters. The van der Waals surface area contributed by atoms with Gasteiger partial charge in [-0.25, -0.2) is 13.8 Å². The van der Waals surface area contributed by atoms with E-state index in [4.69, 9.17) is 5.73 Å². The second-order valence-electron chi connectivity index (χ2n) is 6.70. The molecule has 0 aromatic carbocycles. The molecule has 0 saturated carbocycles. The van der Waals surface area contributed by atoms with Crippen molar-refractivity contribution in [3.63, 3.8) is 0 Å². The number of hydrogen-bond donors (Lipinski definition) is 3. The van der Waals surface area contributed by atoms with Gasteiger partial charge in [-0.1, -0.05) is 0 Å². The van der Waals surface area contributed by atoms with Crippen molar-refractivity contribution in [1.29, 1.82) is 0 Å². The molecular formula is C19H19F2N9. The quantitative estimate of drug-likeness (QED) is 0.423.